The summed E-state index contributed by atoms with van der Waals surface area (Å²) in [7, 11) is 1.64. The minimum absolute atomic E-state index is 0.0467. The monoisotopic (exact) mass is 773 g/mol. The molecule has 0 aromatic rings. The highest BCUT2D eigenvalue weighted by Gasteiger charge is 2.26. The minimum atomic E-state index is -4.29. The fourth-order valence-electron chi connectivity index (χ4n) is 6.10. The molecule has 8 nitrogen and oxygen atoms in total. The van der Waals surface area contributed by atoms with Crippen LogP contribution in [0.2, 0.25) is 0 Å². The molecule has 0 aromatic heterocycles. The van der Waals surface area contributed by atoms with E-state index in [-0.39, 0.29) is 25.8 Å². The third-order valence-electron chi connectivity index (χ3n) is 9.58. The van der Waals surface area contributed by atoms with Crippen molar-refractivity contribution in [1.29, 1.82) is 0 Å². The molecule has 0 saturated carbocycles. The Balaban J connectivity index is 4.28. The summed E-state index contributed by atoms with van der Waals surface area (Å²) in [5.41, 5.74) is 0. The Morgan fingerprint density at radius 2 is 1.00 bits per heavy atom. The van der Waals surface area contributed by atoms with E-state index < -0.39 is 13.9 Å². The number of carbonyl (C=O) groups excluding carboxylic acids is 1. The Bertz CT molecular complexity index is 905. The molecule has 0 saturated heterocycles. The second-order valence-electron chi connectivity index (χ2n) is 16.1. The van der Waals surface area contributed by atoms with Crippen LogP contribution in [0.5, 0.6) is 0 Å². The number of carbonyl (C=O) groups is 1. The number of hydrogen-bond donors (Lipinski definition) is 1. The van der Waals surface area contributed by atoms with E-state index in [2.05, 4.69) is 26.0 Å². The smallest absolute Gasteiger partial charge is 0.472 e. The number of rotatable bonds is 41. The fraction of sp³-hybridized carbons (Fsp3) is 0.886. The first-order valence-corrected chi connectivity index (χ1v) is 23.6. The molecule has 9 heteroatoms. The number of esters is 1. The Morgan fingerprint density at radius 3 is 1.45 bits per heavy atom. The molecule has 53 heavy (non-hydrogen) atoms. The van der Waals surface area contributed by atoms with E-state index in [9.17, 15) is 14.3 Å². The van der Waals surface area contributed by atoms with Crippen LogP contribution in [0.15, 0.2) is 24.5 Å². The zero-order chi connectivity index (χ0) is 39.1. The fourth-order valence-corrected chi connectivity index (χ4v) is 6.84. The van der Waals surface area contributed by atoms with Gasteiger partial charge in [-0.1, -0.05) is 161 Å². The molecule has 0 rings (SSSR count). The van der Waals surface area contributed by atoms with Gasteiger partial charge in [0.2, 0.25) is 0 Å². The van der Waals surface area contributed by atoms with Crippen LogP contribution in [0, 0.1) is 0 Å². The van der Waals surface area contributed by atoms with E-state index in [0.29, 0.717) is 17.4 Å². The van der Waals surface area contributed by atoms with Gasteiger partial charge < -0.3 is 18.9 Å². The maximum Gasteiger partial charge on any atom is 0.472 e. The third-order valence-corrected chi connectivity index (χ3v) is 10.6. The SMILES string of the molecule is CCCCCCCC/C=C\CCCCCC/C=C\OC[C@H](COP(=O)(O)OCC[N+](C)(C)C)OC(=O)CCCCCCCCCCCCCCCCC. The van der Waals surface area contributed by atoms with Crippen LogP contribution in [-0.2, 0) is 27.9 Å². The molecule has 0 amide bonds. The number of phosphoric acid groups is 1. The van der Waals surface area contributed by atoms with Gasteiger partial charge in [0.25, 0.3) is 0 Å². The average molecular weight is 773 g/mol. The first kappa shape index (κ1) is 51.8. The van der Waals surface area contributed by atoms with Crippen molar-refractivity contribution in [2.45, 2.75) is 206 Å². The highest BCUT2D eigenvalue weighted by atomic mass is 31.2. The van der Waals surface area contributed by atoms with Gasteiger partial charge in [-0.15, -0.1) is 0 Å². The molecule has 1 unspecified atom stereocenters. The number of phosphoric ester groups is 1. The summed E-state index contributed by atoms with van der Waals surface area (Å²) in [6, 6.07) is 0. The molecule has 0 bridgehead atoms. The van der Waals surface area contributed by atoms with Crippen molar-refractivity contribution in [2.75, 3.05) is 47.5 Å². The Kier molecular flexibility index (Phi) is 36.9. The number of allylic oxidation sites excluding steroid dienone is 3. The van der Waals surface area contributed by atoms with Gasteiger partial charge in [-0.05, 0) is 51.0 Å². The molecule has 0 spiro atoms. The number of likely N-dealkylation sites (N-methyl/N-ethyl adjacent to an activating group) is 1. The maximum atomic E-state index is 12.7. The van der Waals surface area contributed by atoms with Crippen LogP contribution >= 0.6 is 7.82 Å². The topological polar surface area (TPSA) is 91.3 Å². The summed E-state index contributed by atoms with van der Waals surface area (Å²) < 4.78 is 34.7. The van der Waals surface area contributed by atoms with Crippen molar-refractivity contribution < 1.29 is 37.3 Å². The molecule has 2 atom stereocenters. The molecule has 0 aliphatic rings. The van der Waals surface area contributed by atoms with Crippen molar-refractivity contribution in [2.24, 2.45) is 0 Å². The first-order chi connectivity index (χ1) is 25.6. The standard InChI is InChI=1S/C44H86NO7P/c1-6-8-10-12-14-16-18-20-22-24-26-28-30-32-34-36-39-49-41-43(42-51-53(47,48)50-40-38-45(3,4)5)52-44(46)37-35-33-31-29-27-25-23-21-19-17-15-13-11-9-7-2/h20,22,36,39,43H,6-19,21,23-35,37-38,40-42H2,1-5H3/p+1/b22-20-,39-36-/t43-/m1/s1. The van der Waals surface area contributed by atoms with Crippen LogP contribution < -0.4 is 0 Å². The molecular weight excluding hydrogens is 685 g/mol. The van der Waals surface area contributed by atoms with Gasteiger partial charge in [0.1, 0.15) is 19.8 Å². The number of quaternary nitrogens is 1. The van der Waals surface area contributed by atoms with Crippen molar-refractivity contribution in [3.05, 3.63) is 24.5 Å². The molecule has 0 aliphatic heterocycles. The molecular formula is C44H87NO7P+. The maximum absolute atomic E-state index is 12.7. The van der Waals surface area contributed by atoms with Gasteiger partial charge in [-0.2, -0.15) is 0 Å². The summed E-state index contributed by atoms with van der Waals surface area (Å²) in [5.74, 6) is -0.336. The summed E-state index contributed by atoms with van der Waals surface area (Å²) in [5, 5.41) is 0. The number of unbranched alkanes of at least 4 members (excludes halogenated alkanes) is 25. The van der Waals surface area contributed by atoms with Crippen LogP contribution in [0.4, 0.5) is 0 Å². The Morgan fingerprint density at radius 1 is 0.585 bits per heavy atom. The molecule has 0 heterocycles. The summed E-state index contributed by atoms with van der Waals surface area (Å²) in [6.07, 6.45) is 43.0. The Labute approximate surface area is 328 Å². The first-order valence-electron chi connectivity index (χ1n) is 22.1. The molecule has 0 aliphatic carbocycles. The lowest BCUT2D eigenvalue weighted by atomic mass is 10.0. The molecule has 0 radical (unpaired) electrons. The van der Waals surface area contributed by atoms with E-state index in [1.54, 1.807) is 6.26 Å². The highest BCUT2D eigenvalue weighted by molar-refractivity contribution is 7.47. The third kappa shape index (κ3) is 41.8. The van der Waals surface area contributed by atoms with Crippen LogP contribution in [0.25, 0.3) is 0 Å². The number of hydrogen-bond acceptors (Lipinski definition) is 6. The van der Waals surface area contributed by atoms with E-state index in [1.807, 2.05) is 27.2 Å². The van der Waals surface area contributed by atoms with Crippen molar-refractivity contribution >= 4 is 13.8 Å². The van der Waals surface area contributed by atoms with E-state index in [4.69, 9.17) is 18.5 Å². The lowest BCUT2D eigenvalue weighted by Crippen LogP contribution is -2.37. The van der Waals surface area contributed by atoms with Gasteiger partial charge in [-0.25, -0.2) is 4.57 Å². The number of nitrogens with zero attached hydrogens (tertiary/aromatic N) is 1. The summed E-state index contributed by atoms with van der Waals surface area (Å²) in [6.45, 7) is 4.93. The normalized spacial score (nSPS) is 13.9. The second kappa shape index (κ2) is 37.7. The van der Waals surface area contributed by atoms with Crippen LogP contribution in [0.1, 0.15) is 200 Å². The minimum Gasteiger partial charge on any atom is -0.498 e. The average Bonchev–Trinajstić information content (AvgIpc) is 3.11. The summed E-state index contributed by atoms with van der Waals surface area (Å²) >= 11 is 0. The zero-order valence-corrected chi connectivity index (χ0v) is 36.4. The van der Waals surface area contributed by atoms with Crippen molar-refractivity contribution in [3.8, 4) is 0 Å². The summed E-state index contributed by atoms with van der Waals surface area (Å²) in [4.78, 5) is 22.8. The predicted octanol–water partition coefficient (Wildman–Crippen LogP) is 13.2. The highest BCUT2D eigenvalue weighted by Crippen LogP contribution is 2.43. The van der Waals surface area contributed by atoms with Gasteiger partial charge >= 0.3 is 13.8 Å². The number of ether oxygens (including phenoxy) is 2. The van der Waals surface area contributed by atoms with Gasteiger partial charge in [0, 0.05) is 6.42 Å². The quantitative estimate of drug-likeness (QED) is 0.0165. The zero-order valence-electron chi connectivity index (χ0n) is 35.5. The van der Waals surface area contributed by atoms with E-state index in [0.717, 1.165) is 38.5 Å². The lowest BCUT2D eigenvalue weighted by molar-refractivity contribution is -0.870. The van der Waals surface area contributed by atoms with Crippen molar-refractivity contribution in [1.82, 2.24) is 0 Å². The largest absolute Gasteiger partial charge is 0.498 e. The van der Waals surface area contributed by atoms with Gasteiger partial charge in [-0.3, -0.25) is 13.8 Å². The molecule has 1 N–H and O–H groups in total. The van der Waals surface area contributed by atoms with Crippen molar-refractivity contribution in [3.63, 3.8) is 0 Å². The molecule has 0 fully saturated rings. The Hall–Kier alpha value is -1.18. The van der Waals surface area contributed by atoms with Gasteiger partial charge in [0.05, 0.1) is 34.0 Å². The second-order valence-corrected chi connectivity index (χ2v) is 17.6. The lowest BCUT2D eigenvalue weighted by Gasteiger charge is -2.24. The predicted molar refractivity (Wildman–Crippen MR) is 224 cm³/mol. The van der Waals surface area contributed by atoms with Crippen LogP contribution in [-0.4, -0.2) is 69.0 Å². The van der Waals surface area contributed by atoms with Crippen LogP contribution in [0.3, 0.4) is 0 Å². The molecule has 314 valence electrons. The van der Waals surface area contributed by atoms with E-state index >= 15 is 0 Å². The van der Waals surface area contributed by atoms with Gasteiger partial charge in [0.15, 0.2) is 6.10 Å². The molecule has 0 aromatic carbocycles. The van der Waals surface area contributed by atoms with E-state index in [1.165, 1.54) is 141 Å².